The molecule has 0 saturated carbocycles. The first-order chi connectivity index (χ1) is 9.34. The van der Waals surface area contributed by atoms with Crippen LogP contribution < -0.4 is 10.6 Å². The second-order valence-electron chi connectivity index (χ2n) is 4.66. The molecule has 0 radical (unpaired) electrons. The van der Waals surface area contributed by atoms with Crippen LogP contribution in [0.4, 0.5) is 22.0 Å². The molecule has 2 N–H and O–H groups in total. The van der Waals surface area contributed by atoms with Gasteiger partial charge in [-0.1, -0.05) is 6.92 Å². The highest BCUT2D eigenvalue weighted by Crippen LogP contribution is 2.23. The van der Waals surface area contributed by atoms with Gasteiger partial charge < -0.3 is 10.6 Å². The zero-order chi connectivity index (χ0) is 15.0. The number of rotatable bonds is 2. The Morgan fingerprint density at radius 1 is 1.00 bits per heavy atom. The van der Waals surface area contributed by atoms with Crippen molar-refractivity contribution in [1.82, 2.24) is 10.6 Å². The lowest BCUT2D eigenvalue weighted by Crippen LogP contribution is -2.40. The number of carbonyl (C=O) groups excluding carboxylic acids is 1. The Kier molecular flexibility index (Phi) is 3.94. The number of carbonyl (C=O) groups is 1. The van der Waals surface area contributed by atoms with Crippen LogP contribution in [0.2, 0.25) is 0 Å². The standard InChI is InChI=1S/C12H11F5N2O/c1-4-2-18-3-5(4)19-12(20)6-7(13)9(15)11(17)10(16)8(6)14/h4-5,18H,2-3H2,1H3,(H,19,20). The molecule has 0 spiro atoms. The van der Waals surface area contributed by atoms with Crippen molar-refractivity contribution in [3.63, 3.8) is 0 Å². The van der Waals surface area contributed by atoms with E-state index in [9.17, 15) is 26.7 Å². The molecule has 0 aromatic heterocycles. The van der Waals surface area contributed by atoms with Crippen LogP contribution in [-0.2, 0) is 0 Å². The minimum atomic E-state index is -2.28. The van der Waals surface area contributed by atoms with E-state index in [1.54, 1.807) is 6.92 Å². The van der Waals surface area contributed by atoms with Crippen LogP contribution in [0.1, 0.15) is 17.3 Å². The van der Waals surface area contributed by atoms with Gasteiger partial charge in [-0.15, -0.1) is 0 Å². The van der Waals surface area contributed by atoms with E-state index in [1.165, 1.54) is 0 Å². The molecule has 1 fully saturated rings. The van der Waals surface area contributed by atoms with E-state index in [-0.39, 0.29) is 5.92 Å². The number of hydrogen-bond acceptors (Lipinski definition) is 2. The van der Waals surface area contributed by atoms with E-state index < -0.39 is 46.6 Å². The Labute approximate surface area is 111 Å². The first kappa shape index (κ1) is 14.7. The van der Waals surface area contributed by atoms with Gasteiger partial charge in [-0.3, -0.25) is 4.79 Å². The highest BCUT2D eigenvalue weighted by molar-refractivity contribution is 5.95. The average molecular weight is 294 g/mol. The summed E-state index contributed by atoms with van der Waals surface area (Å²) in [7, 11) is 0. The van der Waals surface area contributed by atoms with Crippen molar-refractivity contribution < 1.29 is 26.7 Å². The molecule has 20 heavy (non-hydrogen) atoms. The molecule has 1 aromatic carbocycles. The van der Waals surface area contributed by atoms with Gasteiger partial charge in [-0.25, -0.2) is 22.0 Å². The largest absolute Gasteiger partial charge is 0.348 e. The van der Waals surface area contributed by atoms with Gasteiger partial charge in [0.05, 0.1) is 0 Å². The van der Waals surface area contributed by atoms with Gasteiger partial charge in [0.2, 0.25) is 5.82 Å². The van der Waals surface area contributed by atoms with Gasteiger partial charge in [0, 0.05) is 12.6 Å². The van der Waals surface area contributed by atoms with Crippen LogP contribution in [0, 0.1) is 35.0 Å². The molecule has 2 atom stereocenters. The molecular weight excluding hydrogens is 283 g/mol. The Morgan fingerprint density at radius 3 is 1.95 bits per heavy atom. The Bertz CT molecular complexity index is 534. The van der Waals surface area contributed by atoms with E-state index in [0.717, 1.165) is 0 Å². The number of halogens is 5. The molecule has 1 heterocycles. The fraction of sp³-hybridized carbons (Fsp3) is 0.417. The summed E-state index contributed by atoms with van der Waals surface area (Å²) in [6.45, 7) is 2.73. The van der Waals surface area contributed by atoms with E-state index in [4.69, 9.17) is 0 Å². The van der Waals surface area contributed by atoms with Gasteiger partial charge >= 0.3 is 0 Å². The number of amides is 1. The maximum absolute atomic E-state index is 13.4. The third-order valence-electron chi connectivity index (χ3n) is 3.27. The molecule has 3 nitrogen and oxygen atoms in total. The average Bonchev–Trinajstić information content (AvgIpc) is 2.80. The van der Waals surface area contributed by atoms with Crippen molar-refractivity contribution in [1.29, 1.82) is 0 Å². The SMILES string of the molecule is CC1CNCC1NC(=O)c1c(F)c(F)c(F)c(F)c1F. The summed E-state index contributed by atoms with van der Waals surface area (Å²) >= 11 is 0. The predicted molar refractivity (Wildman–Crippen MR) is 59.5 cm³/mol. The van der Waals surface area contributed by atoms with Crippen LogP contribution >= 0.6 is 0 Å². The summed E-state index contributed by atoms with van der Waals surface area (Å²) in [6.07, 6.45) is 0. The molecular formula is C12H11F5N2O. The predicted octanol–water partition coefficient (Wildman–Crippen LogP) is 1.72. The van der Waals surface area contributed by atoms with Crippen molar-refractivity contribution in [2.24, 2.45) is 5.92 Å². The summed E-state index contributed by atoms with van der Waals surface area (Å²) in [5.74, 6) is -12.1. The van der Waals surface area contributed by atoms with Crippen LogP contribution in [0.15, 0.2) is 0 Å². The molecule has 1 aliphatic heterocycles. The number of hydrogen-bond donors (Lipinski definition) is 2. The summed E-state index contributed by atoms with van der Waals surface area (Å²) < 4.78 is 65.7. The van der Waals surface area contributed by atoms with Crippen LogP contribution in [0.5, 0.6) is 0 Å². The van der Waals surface area contributed by atoms with E-state index >= 15 is 0 Å². The quantitative estimate of drug-likeness (QED) is 0.495. The van der Waals surface area contributed by atoms with Gasteiger partial charge in [-0.05, 0) is 12.5 Å². The van der Waals surface area contributed by atoms with Crippen LogP contribution in [-0.4, -0.2) is 25.0 Å². The topological polar surface area (TPSA) is 41.1 Å². The maximum Gasteiger partial charge on any atom is 0.257 e. The molecule has 8 heteroatoms. The summed E-state index contributed by atoms with van der Waals surface area (Å²) in [5.41, 5.74) is -1.46. The van der Waals surface area contributed by atoms with Crippen molar-refractivity contribution in [3.8, 4) is 0 Å². The monoisotopic (exact) mass is 294 g/mol. The molecule has 1 saturated heterocycles. The second-order valence-corrected chi connectivity index (χ2v) is 4.66. The highest BCUT2D eigenvalue weighted by atomic mass is 19.2. The van der Waals surface area contributed by atoms with Crippen molar-refractivity contribution in [2.75, 3.05) is 13.1 Å². The molecule has 110 valence electrons. The maximum atomic E-state index is 13.4. The van der Waals surface area contributed by atoms with E-state index in [1.807, 2.05) is 0 Å². The highest BCUT2D eigenvalue weighted by Gasteiger charge is 2.32. The van der Waals surface area contributed by atoms with Gasteiger partial charge in [0.1, 0.15) is 5.56 Å². The zero-order valence-corrected chi connectivity index (χ0v) is 10.4. The normalized spacial score (nSPS) is 22.1. The first-order valence-corrected chi connectivity index (χ1v) is 5.87. The molecule has 1 aliphatic rings. The lowest BCUT2D eigenvalue weighted by molar-refractivity contribution is 0.0921. The fourth-order valence-electron chi connectivity index (χ4n) is 2.05. The molecule has 0 aliphatic carbocycles. The molecule has 1 amide bonds. The van der Waals surface area contributed by atoms with Crippen LogP contribution in [0.25, 0.3) is 0 Å². The molecule has 0 bridgehead atoms. The molecule has 2 unspecified atom stereocenters. The smallest absolute Gasteiger partial charge is 0.257 e. The Morgan fingerprint density at radius 2 is 1.50 bits per heavy atom. The van der Waals surface area contributed by atoms with Gasteiger partial charge in [0.15, 0.2) is 23.3 Å². The van der Waals surface area contributed by atoms with E-state index in [0.29, 0.717) is 13.1 Å². The number of benzene rings is 1. The summed E-state index contributed by atoms with van der Waals surface area (Å²) in [5, 5.41) is 5.19. The third kappa shape index (κ3) is 2.35. The van der Waals surface area contributed by atoms with Crippen molar-refractivity contribution in [2.45, 2.75) is 13.0 Å². The van der Waals surface area contributed by atoms with Gasteiger partial charge in [0.25, 0.3) is 5.91 Å². The third-order valence-corrected chi connectivity index (χ3v) is 3.27. The second kappa shape index (κ2) is 5.35. The Balaban J connectivity index is 2.35. The summed E-state index contributed by atoms with van der Waals surface area (Å²) in [6, 6.07) is -0.433. The van der Waals surface area contributed by atoms with Crippen LogP contribution in [0.3, 0.4) is 0 Å². The lowest BCUT2D eigenvalue weighted by atomic mass is 10.1. The minimum Gasteiger partial charge on any atom is -0.348 e. The lowest BCUT2D eigenvalue weighted by Gasteiger charge is -2.17. The fourth-order valence-corrected chi connectivity index (χ4v) is 2.05. The summed E-state index contributed by atoms with van der Waals surface area (Å²) in [4.78, 5) is 11.7. The van der Waals surface area contributed by atoms with Crippen molar-refractivity contribution in [3.05, 3.63) is 34.6 Å². The first-order valence-electron chi connectivity index (χ1n) is 5.87. The molecule has 1 aromatic rings. The Hall–Kier alpha value is -1.70. The van der Waals surface area contributed by atoms with E-state index in [2.05, 4.69) is 10.6 Å². The number of nitrogens with one attached hydrogen (secondary N) is 2. The molecule has 2 rings (SSSR count). The zero-order valence-electron chi connectivity index (χ0n) is 10.4. The van der Waals surface area contributed by atoms with Crippen molar-refractivity contribution >= 4 is 5.91 Å². The minimum absolute atomic E-state index is 0.0137. The van der Waals surface area contributed by atoms with Gasteiger partial charge in [-0.2, -0.15) is 0 Å².